The summed E-state index contributed by atoms with van der Waals surface area (Å²) < 4.78 is 7.26. The summed E-state index contributed by atoms with van der Waals surface area (Å²) in [6.45, 7) is 6.88. The molecule has 5 heteroatoms. The van der Waals surface area contributed by atoms with Crippen molar-refractivity contribution in [3.63, 3.8) is 0 Å². The standard InChI is InChI=1S/C13H20N4O/c1-8(2)11(7-18-4)17-12-10(16-13(17)14)5-9(3)6-15-12/h5-6,8,11H,7H2,1-4H3,(H2,14,16). The maximum atomic E-state index is 6.03. The number of nitrogen functional groups attached to an aromatic ring is 1. The van der Waals surface area contributed by atoms with Crippen molar-refractivity contribution in [1.29, 1.82) is 0 Å². The Hall–Kier alpha value is -1.62. The monoisotopic (exact) mass is 248 g/mol. The SMILES string of the molecule is COCC(C(C)C)n1c(N)nc2cc(C)cnc21. The highest BCUT2D eigenvalue weighted by molar-refractivity contribution is 5.74. The molecule has 2 rings (SSSR count). The number of methoxy groups -OCH3 is 1. The van der Waals surface area contributed by atoms with E-state index < -0.39 is 0 Å². The number of rotatable bonds is 4. The van der Waals surface area contributed by atoms with Crippen LogP contribution in [0.3, 0.4) is 0 Å². The highest BCUT2D eigenvalue weighted by Gasteiger charge is 2.21. The molecule has 0 fully saturated rings. The predicted octanol–water partition coefficient (Wildman–Crippen LogP) is 2.17. The number of pyridine rings is 1. The van der Waals surface area contributed by atoms with E-state index >= 15 is 0 Å². The smallest absolute Gasteiger partial charge is 0.202 e. The molecule has 0 saturated carbocycles. The molecule has 0 bridgehead atoms. The van der Waals surface area contributed by atoms with E-state index in [0.717, 1.165) is 16.7 Å². The lowest BCUT2D eigenvalue weighted by molar-refractivity contribution is 0.136. The molecule has 0 aliphatic carbocycles. The summed E-state index contributed by atoms with van der Waals surface area (Å²) in [5.74, 6) is 0.895. The molecule has 0 amide bonds. The molecule has 98 valence electrons. The first-order valence-electron chi connectivity index (χ1n) is 6.13. The van der Waals surface area contributed by atoms with Gasteiger partial charge in [-0.3, -0.25) is 4.57 Å². The molecule has 0 radical (unpaired) electrons. The lowest BCUT2D eigenvalue weighted by Gasteiger charge is -2.22. The number of nitrogens with two attached hydrogens (primary N) is 1. The van der Waals surface area contributed by atoms with Crippen molar-refractivity contribution in [2.75, 3.05) is 19.5 Å². The van der Waals surface area contributed by atoms with Gasteiger partial charge in [-0.05, 0) is 24.5 Å². The molecule has 0 aliphatic rings. The fraction of sp³-hybridized carbons (Fsp3) is 0.538. The van der Waals surface area contributed by atoms with E-state index in [1.54, 1.807) is 7.11 Å². The third-order valence-corrected chi connectivity index (χ3v) is 3.13. The second-order valence-corrected chi connectivity index (χ2v) is 4.96. The average molecular weight is 248 g/mol. The number of hydrogen-bond donors (Lipinski definition) is 1. The number of nitrogens with zero attached hydrogens (tertiary/aromatic N) is 3. The van der Waals surface area contributed by atoms with Crippen molar-refractivity contribution in [3.05, 3.63) is 17.8 Å². The van der Waals surface area contributed by atoms with Crippen molar-refractivity contribution in [2.24, 2.45) is 5.92 Å². The Morgan fingerprint density at radius 1 is 1.44 bits per heavy atom. The molecule has 2 aromatic heterocycles. The van der Waals surface area contributed by atoms with Crippen molar-refractivity contribution >= 4 is 17.1 Å². The summed E-state index contributed by atoms with van der Waals surface area (Å²) >= 11 is 0. The second kappa shape index (κ2) is 4.94. The normalized spacial score (nSPS) is 13.4. The first-order chi connectivity index (χ1) is 8.54. The number of anilines is 1. The van der Waals surface area contributed by atoms with E-state index in [2.05, 4.69) is 23.8 Å². The van der Waals surface area contributed by atoms with Crippen LogP contribution in [0, 0.1) is 12.8 Å². The molecule has 2 N–H and O–H groups in total. The van der Waals surface area contributed by atoms with Crippen LogP contribution in [0.1, 0.15) is 25.5 Å². The van der Waals surface area contributed by atoms with Gasteiger partial charge in [-0.2, -0.15) is 0 Å². The van der Waals surface area contributed by atoms with Gasteiger partial charge in [0.2, 0.25) is 5.95 Å². The third kappa shape index (κ3) is 2.18. The molecule has 2 heterocycles. The fourth-order valence-electron chi connectivity index (χ4n) is 2.16. The van der Waals surface area contributed by atoms with Gasteiger partial charge in [0, 0.05) is 13.3 Å². The summed E-state index contributed by atoms with van der Waals surface area (Å²) in [7, 11) is 1.70. The molecule has 2 aromatic rings. The minimum atomic E-state index is 0.148. The van der Waals surface area contributed by atoms with E-state index in [-0.39, 0.29) is 6.04 Å². The molecular weight excluding hydrogens is 228 g/mol. The fourth-order valence-corrected chi connectivity index (χ4v) is 2.16. The zero-order chi connectivity index (χ0) is 13.3. The van der Waals surface area contributed by atoms with Gasteiger partial charge in [0.1, 0.15) is 5.52 Å². The Balaban J connectivity index is 2.57. The Kier molecular flexibility index (Phi) is 3.52. The van der Waals surface area contributed by atoms with Crippen LogP contribution in [0.25, 0.3) is 11.2 Å². The Morgan fingerprint density at radius 3 is 2.78 bits per heavy atom. The van der Waals surface area contributed by atoms with Gasteiger partial charge in [0.15, 0.2) is 5.65 Å². The second-order valence-electron chi connectivity index (χ2n) is 4.96. The number of imidazole rings is 1. The molecule has 0 saturated heterocycles. The van der Waals surface area contributed by atoms with E-state index in [1.807, 2.05) is 23.8 Å². The minimum Gasteiger partial charge on any atom is -0.383 e. The van der Waals surface area contributed by atoms with Crippen LogP contribution >= 0.6 is 0 Å². The first-order valence-corrected chi connectivity index (χ1v) is 6.13. The molecule has 1 unspecified atom stereocenters. The number of fused-ring (bicyclic) bond motifs is 1. The summed E-state index contributed by atoms with van der Waals surface area (Å²) in [5, 5.41) is 0. The number of hydrogen-bond acceptors (Lipinski definition) is 4. The zero-order valence-electron chi connectivity index (χ0n) is 11.3. The quantitative estimate of drug-likeness (QED) is 0.900. The number of ether oxygens (including phenoxy) is 1. The lowest BCUT2D eigenvalue weighted by Crippen LogP contribution is -2.22. The van der Waals surface area contributed by atoms with Crippen LogP contribution < -0.4 is 5.73 Å². The molecule has 0 spiro atoms. The zero-order valence-corrected chi connectivity index (χ0v) is 11.3. The van der Waals surface area contributed by atoms with E-state index in [0.29, 0.717) is 18.5 Å². The van der Waals surface area contributed by atoms with Crippen LogP contribution in [0.2, 0.25) is 0 Å². The third-order valence-electron chi connectivity index (χ3n) is 3.13. The summed E-state index contributed by atoms with van der Waals surface area (Å²) in [5.41, 5.74) is 8.78. The highest BCUT2D eigenvalue weighted by atomic mass is 16.5. The first kappa shape index (κ1) is 12.8. The van der Waals surface area contributed by atoms with Gasteiger partial charge in [-0.1, -0.05) is 13.8 Å². The largest absolute Gasteiger partial charge is 0.383 e. The molecular formula is C13H20N4O. The molecule has 5 nitrogen and oxygen atoms in total. The van der Waals surface area contributed by atoms with Gasteiger partial charge in [0.05, 0.1) is 12.6 Å². The van der Waals surface area contributed by atoms with E-state index in [9.17, 15) is 0 Å². The Morgan fingerprint density at radius 2 is 2.17 bits per heavy atom. The topological polar surface area (TPSA) is 66.0 Å². The van der Waals surface area contributed by atoms with E-state index in [1.165, 1.54) is 0 Å². The van der Waals surface area contributed by atoms with Gasteiger partial charge < -0.3 is 10.5 Å². The predicted molar refractivity (Wildman–Crippen MR) is 72.4 cm³/mol. The van der Waals surface area contributed by atoms with Gasteiger partial charge in [-0.25, -0.2) is 9.97 Å². The van der Waals surface area contributed by atoms with Crippen molar-refractivity contribution in [3.8, 4) is 0 Å². The van der Waals surface area contributed by atoms with Gasteiger partial charge in [-0.15, -0.1) is 0 Å². The van der Waals surface area contributed by atoms with Crippen LogP contribution in [-0.4, -0.2) is 28.3 Å². The van der Waals surface area contributed by atoms with Crippen molar-refractivity contribution < 1.29 is 4.74 Å². The van der Waals surface area contributed by atoms with Crippen LogP contribution in [0.4, 0.5) is 5.95 Å². The van der Waals surface area contributed by atoms with Crippen molar-refractivity contribution in [2.45, 2.75) is 26.8 Å². The number of aryl methyl sites for hydroxylation is 1. The summed E-state index contributed by atoms with van der Waals surface area (Å²) in [6.07, 6.45) is 1.84. The lowest BCUT2D eigenvalue weighted by atomic mass is 10.1. The Bertz CT molecular complexity index is 547. The number of aromatic nitrogens is 3. The maximum absolute atomic E-state index is 6.03. The molecule has 0 aromatic carbocycles. The van der Waals surface area contributed by atoms with Crippen LogP contribution in [-0.2, 0) is 4.74 Å². The maximum Gasteiger partial charge on any atom is 0.202 e. The molecule has 1 atom stereocenters. The van der Waals surface area contributed by atoms with Gasteiger partial charge in [0.25, 0.3) is 0 Å². The molecule has 18 heavy (non-hydrogen) atoms. The minimum absolute atomic E-state index is 0.148. The van der Waals surface area contributed by atoms with Crippen LogP contribution in [0.15, 0.2) is 12.3 Å². The Labute approximate surface area is 107 Å². The van der Waals surface area contributed by atoms with Crippen LogP contribution in [0.5, 0.6) is 0 Å². The average Bonchev–Trinajstić information content (AvgIpc) is 2.61. The summed E-state index contributed by atoms with van der Waals surface area (Å²) in [6, 6.07) is 2.15. The van der Waals surface area contributed by atoms with E-state index in [4.69, 9.17) is 10.5 Å². The molecule has 0 aliphatic heterocycles. The summed E-state index contributed by atoms with van der Waals surface area (Å²) in [4.78, 5) is 8.83. The van der Waals surface area contributed by atoms with Gasteiger partial charge >= 0.3 is 0 Å². The van der Waals surface area contributed by atoms with Crippen molar-refractivity contribution in [1.82, 2.24) is 14.5 Å². The highest BCUT2D eigenvalue weighted by Crippen LogP contribution is 2.26.